The summed E-state index contributed by atoms with van der Waals surface area (Å²) in [6.07, 6.45) is 7.93. The first-order valence-corrected chi connectivity index (χ1v) is 11.2. The molecule has 2 saturated heterocycles. The van der Waals surface area contributed by atoms with Gasteiger partial charge in [0.15, 0.2) is 0 Å². The maximum absolute atomic E-state index is 14.3. The van der Waals surface area contributed by atoms with Crippen LogP contribution in [0.15, 0.2) is 59.7 Å². The van der Waals surface area contributed by atoms with Crippen molar-refractivity contribution in [3.05, 3.63) is 98.4 Å². The fourth-order valence-electron chi connectivity index (χ4n) is 4.99. The normalized spacial score (nSPS) is 21.2. The van der Waals surface area contributed by atoms with E-state index in [1.165, 1.54) is 10.6 Å². The molecular weight excluding hydrogens is 429 g/mol. The highest BCUT2D eigenvalue weighted by Crippen LogP contribution is 2.37. The molecule has 2 fully saturated rings. The van der Waals surface area contributed by atoms with Crippen LogP contribution in [0.4, 0.5) is 10.1 Å². The Bertz CT molecular complexity index is 1320. The fraction of sp³-hybridized carbons (Fsp3) is 0.280. The zero-order valence-electron chi connectivity index (χ0n) is 17.3. The Labute approximate surface area is 189 Å². The number of nitrogens with zero attached hydrogens (tertiary/aromatic N) is 3. The molecule has 2 unspecified atom stereocenters. The number of benzene rings is 1. The van der Waals surface area contributed by atoms with Gasteiger partial charge >= 0.3 is 0 Å². The molecular formula is C25H21ClFN3O2. The molecule has 1 aliphatic carbocycles. The quantitative estimate of drug-likeness (QED) is 0.603. The number of aromatic nitrogens is 2. The Hall–Kier alpha value is -2.96. The highest BCUT2D eigenvalue weighted by molar-refractivity contribution is 6.30. The van der Waals surface area contributed by atoms with Crippen LogP contribution in [-0.2, 0) is 17.7 Å². The van der Waals surface area contributed by atoms with Gasteiger partial charge in [0, 0.05) is 36.4 Å². The molecule has 5 nitrogen and oxygen atoms in total. The van der Waals surface area contributed by atoms with E-state index >= 15 is 0 Å². The number of ether oxygens (including phenoxy) is 1. The molecule has 0 radical (unpaired) electrons. The van der Waals surface area contributed by atoms with Crippen LogP contribution in [0.3, 0.4) is 0 Å². The smallest absolute Gasteiger partial charge is 0.251 e. The zero-order valence-corrected chi connectivity index (χ0v) is 18.1. The Morgan fingerprint density at radius 3 is 2.94 bits per heavy atom. The van der Waals surface area contributed by atoms with Crippen molar-refractivity contribution in [1.82, 2.24) is 9.55 Å². The van der Waals surface area contributed by atoms with Crippen molar-refractivity contribution >= 4 is 22.9 Å². The van der Waals surface area contributed by atoms with Crippen LogP contribution >= 0.6 is 11.6 Å². The van der Waals surface area contributed by atoms with Gasteiger partial charge in [0.1, 0.15) is 5.82 Å². The Balaban J connectivity index is 1.29. The number of morpholine rings is 1. The van der Waals surface area contributed by atoms with Crippen LogP contribution in [0.2, 0.25) is 5.02 Å². The second-order valence-electron chi connectivity index (χ2n) is 8.60. The molecule has 7 heteroatoms. The monoisotopic (exact) mass is 449 g/mol. The van der Waals surface area contributed by atoms with Gasteiger partial charge < -0.3 is 14.2 Å². The predicted molar refractivity (Wildman–Crippen MR) is 122 cm³/mol. The molecule has 3 aliphatic rings. The van der Waals surface area contributed by atoms with Gasteiger partial charge in [0.2, 0.25) is 0 Å². The summed E-state index contributed by atoms with van der Waals surface area (Å²) in [6.45, 7) is 1.81. The molecule has 3 aromatic rings. The molecule has 32 heavy (non-hydrogen) atoms. The minimum Gasteiger partial charge on any atom is -0.374 e. The number of allylic oxidation sites excluding steroid dienone is 1. The van der Waals surface area contributed by atoms with Gasteiger partial charge in [-0.1, -0.05) is 29.8 Å². The Kier molecular flexibility index (Phi) is 4.66. The van der Waals surface area contributed by atoms with E-state index in [2.05, 4.69) is 17.0 Å². The first-order valence-electron chi connectivity index (χ1n) is 10.8. The lowest BCUT2D eigenvalue weighted by atomic mass is 10.0. The molecule has 2 bridgehead atoms. The van der Waals surface area contributed by atoms with Crippen LogP contribution in [-0.4, -0.2) is 34.8 Å². The number of rotatable bonds is 4. The summed E-state index contributed by atoms with van der Waals surface area (Å²) in [6, 6.07) is 11.0. The van der Waals surface area contributed by atoms with Gasteiger partial charge in [-0.15, -0.1) is 0 Å². The number of pyridine rings is 2. The molecule has 0 saturated carbocycles. The largest absolute Gasteiger partial charge is 0.374 e. The maximum atomic E-state index is 14.3. The number of hydrogen-bond acceptors (Lipinski definition) is 4. The van der Waals surface area contributed by atoms with Gasteiger partial charge in [-0.2, -0.15) is 0 Å². The third kappa shape index (κ3) is 3.26. The highest BCUT2D eigenvalue weighted by atomic mass is 35.5. The van der Waals surface area contributed by atoms with Crippen LogP contribution in [0.25, 0.3) is 5.57 Å². The maximum Gasteiger partial charge on any atom is 0.251 e. The average molecular weight is 450 g/mol. The van der Waals surface area contributed by atoms with E-state index in [1.807, 2.05) is 12.3 Å². The molecule has 0 spiro atoms. The minimum atomic E-state index is -0.489. The van der Waals surface area contributed by atoms with E-state index in [1.54, 1.807) is 24.4 Å². The Morgan fingerprint density at radius 1 is 1.25 bits per heavy atom. The number of fused-ring (bicyclic) bond motifs is 3. The zero-order chi connectivity index (χ0) is 21.8. The second-order valence-corrected chi connectivity index (χ2v) is 9.01. The highest BCUT2D eigenvalue weighted by Gasteiger charge is 2.39. The van der Waals surface area contributed by atoms with E-state index in [-0.39, 0.29) is 17.1 Å². The van der Waals surface area contributed by atoms with Gasteiger partial charge in [-0.05, 0) is 35.8 Å². The lowest BCUT2D eigenvalue weighted by molar-refractivity contribution is 0.0991. The van der Waals surface area contributed by atoms with Crippen molar-refractivity contribution in [1.29, 1.82) is 0 Å². The van der Waals surface area contributed by atoms with Gasteiger partial charge in [-0.3, -0.25) is 9.78 Å². The number of halogens is 2. The third-order valence-corrected chi connectivity index (χ3v) is 6.95. The van der Waals surface area contributed by atoms with Crippen LogP contribution in [0.5, 0.6) is 0 Å². The van der Waals surface area contributed by atoms with Crippen molar-refractivity contribution < 1.29 is 9.13 Å². The van der Waals surface area contributed by atoms with Crippen molar-refractivity contribution in [2.45, 2.75) is 31.5 Å². The van der Waals surface area contributed by atoms with Gasteiger partial charge in [-0.25, -0.2) is 4.39 Å². The number of hydrogen-bond donors (Lipinski definition) is 0. The Morgan fingerprint density at radius 2 is 2.16 bits per heavy atom. The van der Waals surface area contributed by atoms with Crippen LogP contribution in [0.1, 0.15) is 28.8 Å². The minimum absolute atomic E-state index is 0.0565. The molecule has 2 atom stereocenters. The van der Waals surface area contributed by atoms with E-state index < -0.39 is 5.82 Å². The molecule has 2 aliphatic heterocycles. The van der Waals surface area contributed by atoms with E-state index in [4.69, 9.17) is 21.3 Å². The fourth-order valence-corrected chi connectivity index (χ4v) is 5.19. The molecule has 0 amide bonds. The molecule has 4 heterocycles. The van der Waals surface area contributed by atoms with Crippen LogP contribution < -0.4 is 10.5 Å². The van der Waals surface area contributed by atoms with Gasteiger partial charge in [0.25, 0.3) is 5.56 Å². The molecule has 162 valence electrons. The molecule has 2 aromatic heterocycles. The van der Waals surface area contributed by atoms with E-state index in [0.717, 1.165) is 54.1 Å². The second kappa shape index (κ2) is 7.57. The summed E-state index contributed by atoms with van der Waals surface area (Å²) >= 11 is 5.87. The summed E-state index contributed by atoms with van der Waals surface area (Å²) in [5.74, 6) is -0.489. The summed E-state index contributed by atoms with van der Waals surface area (Å²) in [5.41, 5.74) is 5.27. The topological polar surface area (TPSA) is 47.4 Å². The molecule has 0 N–H and O–H groups in total. The summed E-state index contributed by atoms with van der Waals surface area (Å²) in [4.78, 5) is 19.9. The lowest BCUT2D eigenvalue weighted by Gasteiger charge is -2.29. The standard InChI is InChI=1S/C25H21ClFN3O2/c26-22-3-1-2-16(25(22)27)12-29-7-6-15(8-24(29)31)20-4-5-23-21(20)10-17(11-28-23)30-13-19-9-18(30)14-32-19/h1-4,6-8,10-11,18-19H,5,9,12-14H2. The van der Waals surface area contributed by atoms with Crippen molar-refractivity contribution in [3.8, 4) is 0 Å². The van der Waals surface area contributed by atoms with Gasteiger partial charge in [0.05, 0.1) is 47.9 Å². The summed E-state index contributed by atoms with van der Waals surface area (Å²) < 4.78 is 21.5. The molecule has 1 aromatic carbocycles. The first-order chi connectivity index (χ1) is 15.6. The van der Waals surface area contributed by atoms with Crippen molar-refractivity contribution in [3.63, 3.8) is 0 Å². The number of anilines is 1. The SMILES string of the molecule is O=c1cc(C2=CCc3ncc(N4CC5CC4CO5)cc32)ccn1Cc1cccc(Cl)c1F. The van der Waals surface area contributed by atoms with Crippen molar-refractivity contribution in [2.75, 3.05) is 18.1 Å². The predicted octanol–water partition coefficient (Wildman–Crippen LogP) is 4.05. The third-order valence-electron chi connectivity index (χ3n) is 6.66. The van der Waals surface area contributed by atoms with E-state index in [0.29, 0.717) is 17.7 Å². The summed E-state index contributed by atoms with van der Waals surface area (Å²) in [5, 5.41) is 0.0565. The molecule has 6 rings (SSSR count). The van der Waals surface area contributed by atoms with E-state index in [9.17, 15) is 9.18 Å². The average Bonchev–Trinajstić information content (AvgIpc) is 3.53. The first kappa shape index (κ1) is 19.7. The lowest BCUT2D eigenvalue weighted by Crippen LogP contribution is -2.37. The van der Waals surface area contributed by atoms with Crippen molar-refractivity contribution in [2.24, 2.45) is 0 Å². The van der Waals surface area contributed by atoms with Crippen LogP contribution in [0, 0.1) is 5.82 Å². The summed E-state index contributed by atoms with van der Waals surface area (Å²) in [7, 11) is 0.